The lowest BCUT2D eigenvalue weighted by Crippen LogP contribution is -1.88. The zero-order valence-corrected chi connectivity index (χ0v) is 10.1. The molecule has 0 saturated heterocycles. The molecule has 0 amide bonds. The van der Waals surface area contributed by atoms with Gasteiger partial charge >= 0.3 is 0 Å². The molecule has 0 radical (unpaired) electrons. The summed E-state index contributed by atoms with van der Waals surface area (Å²) in [6.07, 6.45) is 3.54. The highest BCUT2D eigenvalue weighted by Gasteiger charge is 2.03. The number of benzene rings is 1. The van der Waals surface area contributed by atoms with Crippen molar-refractivity contribution in [1.82, 2.24) is 0 Å². The standard InChI is InChI=1S/C11H13BrO2/c1-8-6-9(4-5-13-2)10(12)7-11(8)14-3/h4-7H,1-3H3. The van der Waals surface area contributed by atoms with Crippen molar-refractivity contribution < 1.29 is 9.47 Å². The molecule has 0 N–H and O–H groups in total. The second kappa shape index (κ2) is 5.05. The van der Waals surface area contributed by atoms with E-state index in [1.165, 1.54) is 0 Å². The maximum Gasteiger partial charge on any atom is 0.122 e. The first-order chi connectivity index (χ1) is 6.69. The van der Waals surface area contributed by atoms with E-state index in [1.807, 2.05) is 25.1 Å². The first-order valence-corrected chi connectivity index (χ1v) is 5.02. The molecule has 0 saturated carbocycles. The summed E-state index contributed by atoms with van der Waals surface area (Å²) in [5.41, 5.74) is 2.18. The van der Waals surface area contributed by atoms with E-state index in [0.717, 1.165) is 21.3 Å². The van der Waals surface area contributed by atoms with Gasteiger partial charge < -0.3 is 9.47 Å². The molecular weight excluding hydrogens is 244 g/mol. The van der Waals surface area contributed by atoms with Gasteiger partial charge in [0.05, 0.1) is 20.5 Å². The summed E-state index contributed by atoms with van der Waals surface area (Å²) < 4.78 is 11.1. The smallest absolute Gasteiger partial charge is 0.122 e. The number of methoxy groups -OCH3 is 2. The van der Waals surface area contributed by atoms with Crippen LogP contribution in [0, 0.1) is 6.92 Å². The summed E-state index contributed by atoms with van der Waals surface area (Å²) in [7, 11) is 3.29. The number of hydrogen-bond donors (Lipinski definition) is 0. The highest BCUT2D eigenvalue weighted by molar-refractivity contribution is 9.10. The Kier molecular flexibility index (Phi) is 4.01. The average Bonchev–Trinajstić information content (AvgIpc) is 2.18. The second-order valence-electron chi connectivity index (χ2n) is 2.88. The fraction of sp³-hybridized carbons (Fsp3) is 0.273. The number of halogens is 1. The van der Waals surface area contributed by atoms with E-state index in [9.17, 15) is 0 Å². The highest BCUT2D eigenvalue weighted by Crippen LogP contribution is 2.27. The predicted molar refractivity (Wildman–Crippen MR) is 61.5 cm³/mol. The molecule has 76 valence electrons. The van der Waals surface area contributed by atoms with Crippen molar-refractivity contribution in [3.63, 3.8) is 0 Å². The highest BCUT2D eigenvalue weighted by atomic mass is 79.9. The maximum atomic E-state index is 5.20. The minimum Gasteiger partial charge on any atom is -0.504 e. The molecule has 0 aliphatic carbocycles. The van der Waals surface area contributed by atoms with Crippen LogP contribution < -0.4 is 4.74 Å². The first kappa shape index (κ1) is 11.1. The third kappa shape index (κ3) is 2.51. The van der Waals surface area contributed by atoms with Gasteiger partial charge in [0, 0.05) is 4.47 Å². The lowest BCUT2D eigenvalue weighted by Gasteiger charge is -2.07. The Labute approximate surface area is 92.7 Å². The largest absolute Gasteiger partial charge is 0.504 e. The van der Waals surface area contributed by atoms with E-state index in [0.29, 0.717) is 0 Å². The summed E-state index contributed by atoms with van der Waals surface area (Å²) in [6.45, 7) is 2.01. The van der Waals surface area contributed by atoms with Crippen molar-refractivity contribution in [2.24, 2.45) is 0 Å². The van der Waals surface area contributed by atoms with Gasteiger partial charge in [0.2, 0.25) is 0 Å². The van der Waals surface area contributed by atoms with Crippen LogP contribution in [0.2, 0.25) is 0 Å². The molecule has 0 spiro atoms. The Morgan fingerprint density at radius 2 is 2.00 bits per heavy atom. The first-order valence-electron chi connectivity index (χ1n) is 4.22. The van der Waals surface area contributed by atoms with Crippen LogP contribution in [0.3, 0.4) is 0 Å². The normalized spacial score (nSPS) is 10.6. The van der Waals surface area contributed by atoms with E-state index in [2.05, 4.69) is 15.9 Å². The third-order valence-electron chi connectivity index (χ3n) is 1.90. The van der Waals surface area contributed by atoms with Gasteiger partial charge in [-0.25, -0.2) is 0 Å². The number of aryl methyl sites for hydroxylation is 1. The lowest BCUT2D eigenvalue weighted by atomic mass is 10.1. The quantitative estimate of drug-likeness (QED) is 0.773. The summed E-state index contributed by atoms with van der Waals surface area (Å²) in [5, 5.41) is 0. The monoisotopic (exact) mass is 256 g/mol. The Bertz CT molecular complexity index is 345. The predicted octanol–water partition coefficient (Wildman–Crippen LogP) is 3.38. The topological polar surface area (TPSA) is 18.5 Å². The van der Waals surface area contributed by atoms with Crippen molar-refractivity contribution in [3.05, 3.63) is 34.0 Å². The summed E-state index contributed by atoms with van der Waals surface area (Å²) in [6, 6.07) is 3.99. The van der Waals surface area contributed by atoms with Gasteiger partial charge in [-0.2, -0.15) is 0 Å². The van der Waals surface area contributed by atoms with Gasteiger partial charge in [-0.15, -0.1) is 0 Å². The van der Waals surface area contributed by atoms with E-state index >= 15 is 0 Å². The zero-order chi connectivity index (χ0) is 10.6. The molecule has 0 heterocycles. The van der Waals surface area contributed by atoms with Crippen LogP contribution >= 0.6 is 15.9 Å². The van der Waals surface area contributed by atoms with E-state index in [4.69, 9.17) is 9.47 Å². The second-order valence-corrected chi connectivity index (χ2v) is 3.74. The number of hydrogen-bond acceptors (Lipinski definition) is 2. The molecule has 0 aromatic heterocycles. The molecule has 0 aliphatic heterocycles. The Morgan fingerprint density at radius 1 is 1.29 bits per heavy atom. The minimum absolute atomic E-state index is 0.881. The molecule has 0 bridgehead atoms. The van der Waals surface area contributed by atoms with Crippen LogP contribution in [0.5, 0.6) is 5.75 Å². The molecule has 2 nitrogen and oxygen atoms in total. The Morgan fingerprint density at radius 3 is 2.57 bits per heavy atom. The Balaban J connectivity index is 3.08. The van der Waals surface area contributed by atoms with Crippen molar-refractivity contribution in [2.75, 3.05) is 14.2 Å². The van der Waals surface area contributed by atoms with Gasteiger partial charge in [0.15, 0.2) is 0 Å². The SMILES string of the molecule is COC=Cc1cc(C)c(OC)cc1Br. The Hall–Kier alpha value is -0.960. The minimum atomic E-state index is 0.881. The van der Waals surface area contributed by atoms with Gasteiger partial charge in [-0.05, 0) is 36.3 Å². The van der Waals surface area contributed by atoms with Gasteiger partial charge in [0.25, 0.3) is 0 Å². The van der Waals surface area contributed by atoms with E-state index in [-0.39, 0.29) is 0 Å². The van der Waals surface area contributed by atoms with Crippen LogP contribution in [-0.4, -0.2) is 14.2 Å². The summed E-state index contributed by atoms with van der Waals surface area (Å²) >= 11 is 3.47. The molecular formula is C11H13BrO2. The number of ether oxygens (including phenoxy) is 2. The van der Waals surface area contributed by atoms with Crippen LogP contribution in [0.15, 0.2) is 22.9 Å². The van der Waals surface area contributed by atoms with E-state index in [1.54, 1.807) is 20.5 Å². The van der Waals surface area contributed by atoms with Crippen molar-refractivity contribution in [2.45, 2.75) is 6.92 Å². The third-order valence-corrected chi connectivity index (χ3v) is 2.58. The van der Waals surface area contributed by atoms with Crippen molar-refractivity contribution >= 4 is 22.0 Å². The molecule has 1 aromatic carbocycles. The summed E-state index contributed by atoms with van der Waals surface area (Å²) in [4.78, 5) is 0. The van der Waals surface area contributed by atoms with Crippen molar-refractivity contribution in [1.29, 1.82) is 0 Å². The van der Waals surface area contributed by atoms with Crippen LogP contribution in [0.25, 0.3) is 6.08 Å². The zero-order valence-electron chi connectivity index (χ0n) is 8.50. The molecule has 1 rings (SSSR count). The maximum absolute atomic E-state index is 5.20. The average molecular weight is 257 g/mol. The van der Waals surface area contributed by atoms with Crippen LogP contribution in [0.4, 0.5) is 0 Å². The molecule has 0 unspecified atom stereocenters. The molecule has 0 atom stereocenters. The van der Waals surface area contributed by atoms with Crippen LogP contribution in [-0.2, 0) is 4.74 Å². The lowest BCUT2D eigenvalue weighted by molar-refractivity contribution is 0.341. The fourth-order valence-electron chi connectivity index (χ4n) is 1.17. The molecule has 0 fully saturated rings. The van der Waals surface area contributed by atoms with Gasteiger partial charge in [0.1, 0.15) is 5.75 Å². The molecule has 1 aromatic rings. The summed E-state index contributed by atoms with van der Waals surface area (Å²) in [5.74, 6) is 0.881. The van der Waals surface area contributed by atoms with Gasteiger partial charge in [-0.3, -0.25) is 0 Å². The fourth-order valence-corrected chi connectivity index (χ4v) is 1.63. The molecule has 0 aliphatic rings. The molecule has 14 heavy (non-hydrogen) atoms. The number of rotatable bonds is 3. The molecule has 3 heteroatoms. The van der Waals surface area contributed by atoms with Crippen molar-refractivity contribution in [3.8, 4) is 5.75 Å². The van der Waals surface area contributed by atoms with Crippen LogP contribution in [0.1, 0.15) is 11.1 Å². The van der Waals surface area contributed by atoms with E-state index < -0.39 is 0 Å². The van der Waals surface area contributed by atoms with Gasteiger partial charge in [-0.1, -0.05) is 15.9 Å².